The molecule has 0 aliphatic carbocycles. The topological polar surface area (TPSA) is 51.0 Å². The number of para-hydroxylation sites is 1. The summed E-state index contributed by atoms with van der Waals surface area (Å²) in [4.78, 5) is 20.3. The van der Waals surface area contributed by atoms with Crippen LogP contribution in [0.2, 0.25) is 0 Å². The van der Waals surface area contributed by atoms with Gasteiger partial charge in [-0.3, -0.25) is 4.79 Å². The molecule has 0 aliphatic heterocycles. The molecule has 3 rings (SSSR count). The molecule has 0 spiro atoms. The molecule has 2 aromatic heterocycles. The second-order valence-corrected chi connectivity index (χ2v) is 7.69. The van der Waals surface area contributed by atoms with Crippen LogP contribution in [0, 0.1) is 6.92 Å². The highest BCUT2D eigenvalue weighted by molar-refractivity contribution is 7.09. The number of rotatable bonds is 7. The van der Waals surface area contributed by atoms with Crippen LogP contribution in [0.3, 0.4) is 0 Å². The Labute approximate surface area is 164 Å². The van der Waals surface area contributed by atoms with Crippen LogP contribution in [-0.4, -0.2) is 32.1 Å². The van der Waals surface area contributed by atoms with E-state index in [4.69, 9.17) is 0 Å². The number of carbonyl (C=O) groups is 1. The maximum Gasteiger partial charge on any atom is 0.294 e. The van der Waals surface area contributed by atoms with Gasteiger partial charge in [0.1, 0.15) is 5.82 Å². The maximum atomic E-state index is 13.0. The summed E-state index contributed by atoms with van der Waals surface area (Å²) >= 11 is 1.63. The number of hydrogen-bond acceptors (Lipinski definition) is 4. The Morgan fingerprint density at radius 3 is 2.74 bits per heavy atom. The molecule has 1 aromatic carbocycles. The van der Waals surface area contributed by atoms with Crippen molar-refractivity contribution < 1.29 is 4.79 Å². The van der Waals surface area contributed by atoms with E-state index < -0.39 is 0 Å². The molecule has 0 radical (unpaired) electrons. The standard InChI is InChI=1S/C21H24N4OS/c1-5-12-24(14-17-9-8-13-27-17)21(26)20-22-16(4)25(23-20)19-11-7-6-10-18(19)15(2)3/h5-11,13,15H,1,12,14H2,2-4H3. The fourth-order valence-electron chi connectivity index (χ4n) is 2.98. The lowest BCUT2D eigenvalue weighted by Gasteiger charge is -2.18. The molecule has 0 aliphatic rings. The molecule has 5 nitrogen and oxygen atoms in total. The van der Waals surface area contributed by atoms with Crippen molar-refractivity contribution in [2.75, 3.05) is 6.54 Å². The lowest BCUT2D eigenvalue weighted by Crippen LogP contribution is -2.31. The normalized spacial score (nSPS) is 11.0. The summed E-state index contributed by atoms with van der Waals surface area (Å²) in [7, 11) is 0. The molecule has 0 N–H and O–H groups in total. The van der Waals surface area contributed by atoms with Crippen molar-refractivity contribution >= 4 is 17.2 Å². The smallest absolute Gasteiger partial charge is 0.294 e. The Kier molecular flexibility index (Phi) is 5.86. The van der Waals surface area contributed by atoms with Crippen LogP contribution in [0.4, 0.5) is 0 Å². The molecular weight excluding hydrogens is 356 g/mol. The SMILES string of the molecule is C=CCN(Cc1cccs1)C(=O)c1nc(C)n(-c2ccccc2C(C)C)n1. The number of amides is 1. The molecule has 27 heavy (non-hydrogen) atoms. The van der Waals surface area contributed by atoms with Gasteiger partial charge in [-0.2, -0.15) is 0 Å². The van der Waals surface area contributed by atoms with Crippen molar-refractivity contribution in [3.63, 3.8) is 0 Å². The van der Waals surface area contributed by atoms with Crippen LogP contribution in [0.5, 0.6) is 0 Å². The number of benzene rings is 1. The Balaban J connectivity index is 1.93. The predicted octanol–water partition coefficient (Wildman–Crippen LogP) is 4.59. The van der Waals surface area contributed by atoms with E-state index in [-0.39, 0.29) is 11.7 Å². The van der Waals surface area contributed by atoms with E-state index in [0.717, 1.165) is 10.6 Å². The average molecular weight is 381 g/mol. The summed E-state index contributed by atoms with van der Waals surface area (Å²) in [5, 5.41) is 6.54. The molecule has 0 atom stereocenters. The minimum absolute atomic E-state index is 0.188. The quantitative estimate of drug-likeness (QED) is 0.563. The zero-order valence-corrected chi connectivity index (χ0v) is 16.7. The predicted molar refractivity (Wildman–Crippen MR) is 109 cm³/mol. The largest absolute Gasteiger partial charge is 0.327 e. The minimum atomic E-state index is -0.188. The molecule has 0 fully saturated rings. The van der Waals surface area contributed by atoms with Crippen LogP contribution in [-0.2, 0) is 6.54 Å². The number of aromatic nitrogens is 3. The molecule has 2 heterocycles. The second kappa shape index (κ2) is 8.31. The van der Waals surface area contributed by atoms with Gasteiger partial charge in [0.25, 0.3) is 5.91 Å². The molecule has 0 saturated heterocycles. The summed E-state index contributed by atoms with van der Waals surface area (Å²) < 4.78 is 1.76. The molecular formula is C21H24N4OS. The number of thiophene rings is 1. The highest BCUT2D eigenvalue weighted by Crippen LogP contribution is 2.23. The van der Waals surface area contributed by atoms with E-state index in [1.165, 1.54) is 5.56 Å². The highest BCUT2D eigenvalue weighted by Gasteiger charge is 2.22. The third-order valence-electron chi connectivity index (χ3n) is 4.31. The van der Waals surface area contributed by atoms with Crippen molar-refractivity contribution in [2.45, 2.75) is 33.2 Å². The first-order chi connectivity index (χ1) is 13.0. The first-order valence-corrected chi connectivity index (χ1v) is 9.84. The van der Waals surface area contributed by atoms with Crippen LogP contribution in [0.15, 0.2) is 54.4 Å². The first kappa shape index (κ1) is 19.0. The van der Waals surface area contributed by atoms with Crippen molar-refractivity contribution in [3.05, 3.63) is 76.5 Å². The maximum absolute atomic E-state index is 13.0. The van der Waals surface area contributed by atoms with Gasteiger partial charge >= 0.3 is 0 Å². The van der Waals surface area contributed by atoms with Gasteiger partial charge in [-0.15, -0.1) is 23.0 Å². The van der Waals surface area contributed by atoms with E-state index in [1.807, 2.05) is 42.6 Å². The van der Waals surface area contributed by atoms with E-state index in [1.54, 1.807) is 27.0 Å². The molecule has 0 bridgehead atoms. The van der Waals surface area contributed by atoms with Crippen molar-refractivity contribution in [3.8, 4) is 5.69 Å². The average Bonchev–Trinajstić information content (AvgIpc) is 3.30. The van der Waals surface area contributed by atoms with Gasteiger partial charge in [0, 0.05) is 11.4 Å². The third kappa shape index (κ3) is 4.17. The van der Waals surface area contributed by atoms with Gasteiger partial charge in [-0.05, 0) is 35.9 Å². The zero-order chi connectivity index (χ0) is 19.4. The summed E-state index contributed by atoms with van der Waals surface area (Å²) in [5.74, 6) is 1.07. The van der Waals surface area contributed by atoms with E-state index in [2.05, 4.69) is 36.6 Å². The Hall–Kier alpha value is -2.73. The number of nitrogens with zero attached hydrogens (tertiary/aromatic N) is 4. The van der Waals surface area contributed by atoms with Crippen LogP contribution >= 0.6 is 11.3 Å². The fourth-order valence-corrected chi connectivity index (χ4v) is 3.70. The van der Waals surface area contributed by atoms with E-state index >= 15 is 0 Å². The molecule has 0 saturated carbocycles. The number of hydrogen-bond donors (Lipinski definition) is 0. The third-order valence-corrected chi connectivity index (χ3v) is 5.17. The number of carbonyl (C=O) groups excluding carboxylic acids is 1. The number of aryl methyl sites for hydroxylation is 1. The summed E-state index contributed by atoms with van der Waals surface area (Å²) in [6.07, 6.45) is 1.73. The lowest BCUT2D eigenvalue weighted by molar-refractivity contribution is 0.0752. The Morgan fingerprint density at radius 2 is 2.07 bits per heavy atom. The fraction of sp³-hybridized carbons (Fsp3) is 0.286. The second-order valence-electron chi connectivity index (χ2n) is 6.66. The molecule has 140 valence electrons. The van der Waals surface area contributed by atoms with Gasteiger partial charge in [-0.1, -0.05) is 44.2 Å². The highest BCUT2D eigenvalue weighted by atomic mass is 32.1. The van der Waals surface area contributed by atoms with Crippen LogP contribution in [0.25, 0.3) is 5.69 Å². The first-order valence-electron chi connectivity index (χ1n) is 8.96. The summed E-state index contributed by atoms with van der Waals surface area (Å²) in [5.41, 5.74) is 2.14. The Bertz CT molecular complexity index is 928. The lowest BCUT2D eigenvalue weighted by atomic mass is 10.0. The van der Waals surface area contributed by atoms with Crippen molar-refractivity contribution in [1.29, 1.82) is 0 Å². The van der Waals surface area contributed by atoms with E-state index in [9.17, 15) is 4.79 Å². The van der Waals surface area contributed by atoms with Crippen LogP contribution in [0.1, 0.15) is 46.6 Å². The molecule has 1 amide bonds. The van der Waals surface area contributed by atoms with Gasteiger partial charge in [-0.25, -0.2) is 9.67 Å². The molecule has 6 heteroatoms. The van der Waals surface area contributed by atoms with Gasteiger partial charge in [0.05, 0.1) is 12.2 Å². The monoisotopic (exact) mass is 380 g/mol. The molecule has 3 aromatic rings. The Morgan fingerprint density at radius 1 is 1.30 bits per heavy atom. The van der Waals surface area contributed by atoms with Gasteiger partial charge in [0.2, 0.25) is 5.82 Å². The summed E-state index contributed by atoms with van der Waals surface area (Å²) in [6, 6.07) is 12.1. The van der Waals surface area contributed by atoms with Gasteiger partial charge in [0.15, 0.2) is 0 Å². The zero-order valence-electron chi connectivity index (χ0n) is 15.9. The summed E-state index contributed by atoms with van der Waals surface area (Å²) in [6.45, 7) is 10.9. The van der Waals surface area contributed by atoms with E-state index in [0.29, 0.717) is 24.8 Å². The van der Waals surface area contributed by atoms with Crippen molar-refractivity contribution in [1.82, 2.24) is 19.7 Å². The molecule has 0 unspecified atom stereocenters. The minimum Gasteiger partial charge on any atom is -0.327 e. The van der Waals surface area contributed by atoms with Crippen molar-refractivity contribution in [2.24, 2.45) is 0 Å². The van der Waals surface area contributed by atoms with Crippen LogP contribution < -0.4 is 0 Å². The van der Waals surface area contributed by atoms with Gasteiger partial charge < -0.3 is 4.90 Å².